The van der Waals surface area contributed by atoms with Gasteiger partial charge in [-0.05, 0) is 122 Å². The lowest BCUT2D eigenvalue weighted by Gasteiger charge is -2.73. The summed E-state index contributed by atoms with van der Waals surface area (Å²) in [6, 6.07) is 0. The molecule has 0 aromatic carbocycles. The van der Waals surface area contributed by atoms with Gasteiger partial charge in [-0.1, -0.05) is 52.8 Å². The maximum Gasteiger partial charge on any atom is 0.333 e. The normalized spacial score (nSPS) is 50.3. The third-order valence-electron chi connectivity index (χ3n) is 14.7. The fourth-order valence-electron chi connectivity index (χ4n) is 12.8. The van der Waals surface area contributed by atoms with Crippen molar-refractivity contribution in [1.29, 1.82) is 0 Å². The van der Waals surface area contributed by atoms with Gasteiger partial charge >= 0.3 is 11.9 Å². The Morgan fingerprint density at radius 2 is 1.65 bits per heavy atom. The highest BCUT2D eigenvalue weighted by Gasteiger charge is 2.70. The Labute approximate surface area is 243 Å². The van der Waals surface area contributed by atoms with E-state index < -0.39 is 0 Å². The molecular formula is C36H54O4. The molecule has 4 nitrogen and oxygen atoms in total. The fourth-order valence-corrected chi connectivity index (χ4v) is 12.8. The molecule has 1 saturated heterocycles. The summed E-state index contributed by atoms with van der Waals surface area (Å²) >= 11 is 0. The Morgan fingerprint density at radius 1 is 0.900 bits per heavy atom. The molecule has 0 bridgehead atoms. The Balaban J connectivity index is 1.37. The highest BCUT2D eigenvalue weighted by atomic mass is 16.5. The fraction of sp³-hybridized carbons (Fsp3) is 0.833. The molecule has 10 atom stereocenters. The van der Waals surface area contributed by atoms with Gasteiger partial charge in [-0.25, -0.2) is 4.79 Å². The second-order valence-electron chi connectivity index (χ2n) is 16.4. The van der Waals surface area contributed by atoms with Crippen LogP contribution in [-0.2, 0) is 19.1 Å². The lowest BCUT2D eigenvalue weighted by Crippen LogP contribution is -2.66. The van der Waals surface area contributed by atoms with Crippen molar-refractivity contribution in [2.24, 2.45) is 56.7 Å². The highest BCUT2D eigenvalue weighted by molar-refractivity contribution is 5.90. The molecule has 6 fully saturated rings. The minimum Gasteiger partial charge on any atom is -0.462 e. The summed E-state index contributed by atoms with van der Waals surface area (Å²) in [5, 5.41) is 0. The van der Waals surface area contributed by atoms with Crippen LogP contribution in [0.15, 0.2) is 23.8 Å². The van der Waals surface area contributed by atoms with Crippen LogP contribution in [0.3, 0.4) is 0 Å². The molecule has 5 aliphatic carbocycles. The number of esters is 2. The summed E-state index contributed by atoms with van der Waals surface area (Å²) in [5.41, 5.74) is 3.24. The number of cyclic esters (lactones) is 1. The number of carbonyl (C=O) groups is 2. The Morgan fingerprint density at radius 3 is 2.30 bits per heavy atom. The number of hydrogen-bond acceptors (Lipinski definition) is 4. The van der Waals surface area contributed by atoms with Gasteiger partial charge in [-0.2, -0.15) is 0 Å². The molecule has 0 unspecified atom stereocenters. The van der Waals surface area contributed by atoms with Gasteiger partial charge in [0.1, 0.15) is 6.10 Å². The molecular weight excluding hydrogens is 496 g/mol. The van der Waals surface area contributed by atoms with E-state index in [0.717, 1.165) is 24.8 Å². The van der Waals surface area contributed by atoms with Crippen LogP contribution in [0.5, 0.6) is 0 Å². The largest absolute Gasteiger partial charge is 0.462 e. The van der Waals surface area contributed by atoms with Gasteiger partial charge in [0.05, 0.1) is 6.61 Å². The van der Waals surface area contributed by atoms with E-state index in [-0.39, 0.29) is 39.7 Å². The lowest BCUT2D eigenvalue weighted by atomic mass is 9.32. The highest BCUT2D eigenvalue weighted by Crippen LogP contribution is 2.77. The van der Waals surface area contributed by atoms with Gasteiger partial charge in [0, 0.05) is 24.3 Å². The van der Waals surface area contributed by atoms with Crippen LogP contribution in [0.2, 0.25) is 0 Å². The summed E-state index contributed by atoms with van der Waals surface area (Å²) in [4.78, 5) is 24.6. The van der Waals surface area contributed by atoms with Crippen LogP contribution < -0.4 is 0 Å². The van der Waals surface area contributed by atoms with Gasteiger partial charge in [-0.15, -0.1) is 0 Å². The first-order chi connectivity index (χ1) is 18.7. The van der Waals surface area contributed by atoms with E-state index in [0.29, 0.717) is 41.6 Å². The van der Waals surface area contributed by atoms with Crippen molar-refractivity contribution in [3.63, 3.8) is 0 Å². The average Bonchev–Trinajstić information content (AvgIpc) is 3.45. The number of hydrogen-bond donors (Lipinski definition) is 0. The van der Waals surface area contributed by atoms with E-state index in [9.17, 15) is 9.59 Å². The third kappa shape index (κ3) is 3.75. The summed E-state index contributed by atoms with van der Waals surface area (Å²) in [5.74, 6) is 2.84. The topological polar surface area (TPSA) is 52.6 Å². The van der Waals surface area contributed by atoms with Crippen molar-refractivity contribution < 1.29 is 19.1 Å². The van der Waals surface area contributed by atoms with Gasteiger partial charge in [0.2, 0.25) is 0 Å². The first-order valence-electron chi connectivity index (χ1n) is 16.4. The van der Waals surface area contributed by atoms with Crippen LogP contribution in [0.25, 0.3) is 0 Å². The second kappa shape index (κ2) is 9.21. The Hall–Kier alpha value is -1.58. The summed E-state index contributed by atoms with van der Waals surface area (Å²) in [7, 11) is 0. The van der Waals surface area contributed by atoms with Gasteiger partial charge in [0.25, 0.3) is 0 Å². The second-order valence-corrected chi connectivity index (χ2v) is 16.4. The number of rotatable bonds is 3. The van der Waals surface area contributed by atoms with Gasteiger partial charge < -0.3 is 9.47 Å². The molecule has 5 saturated carbocycles. The average molecular weight is 551 g/mol. The van der Waals surface area contributed by atoms with Crippen molar-refractivity contribution in [3.05, 3.63) is 23.8 Å². The molecule has 1 heterocycles. The van der Waals surface area contributed by atoms with Crippen LogP contribution >= 0.6 is 0 Å². The zero-order valence-electron chi connectivity index (χ0n) is 26.4. The molecule has 1 aliphatic heterocycles. The van der Waals surface area contributed by atoms with Gasteiger partial charge in [0.15, 0.2) is 0 Å². The molecule has 6 rings (SSSR count). The molecule has 40 heavy (non-hydrogen) atoms. The molecule has 0 spiro atoms. The zero-order valence-corrected chi connectivity index (χ0v) is 26.4. The Bertz CT molecular complexity index is 1130. The predicted octanol–water partition coefficient (Wildman–Crippen LogP) is 8.45. The van der Waals surface area contributed by atoms with Crippen molar-refractivity contribution in [2.75, 3.05) is 6.61 Å². The molecule has 0 N–H and O–H groups in total. The molecule has 0 aromatic rings. The van der Waals surface area contributed by atoms with Gasteiger partial charge in [-0.3, -0.25) is 4.79 Å². The van der Waals surface area contributed by atoms with Crippen LogP contribution in [-0.4, -0.2) is 24.6 Å². The molecule has 0 radical (unpaired) electrons. The smallest absolute Gasteiger partial charge is 0.333 e. The molecule has 0 aromatic heterocycles. The number of carbonyl (C=O) groups excluding carboxylic acids is 2. The molecule has 4 heteroatoms. The minimum atomic E-state index is -0.134. The van der Waals surface area contributed by atoms with Crippen LogP contribution in [0.4, 0.5) is 0 Å². The standard InChI is InChI=1S/C36H54O4/c1-22(2)25-11-17-36(21-24-14-20-39-31(24)38)19-18-34(7)26(30(25)36)9-10-28-33(6)15-13-29(40-23(3)37)32(4,5)27(33)12-16-35(28,34)8/h21,25-30H,1,9-20H2,2-8H3/b24-21+/t25-,26+,27-,28+,29-,30+,33-,34+,35+,36+/m0/s1. The van der Waals surface area contributed by atoms with E-state index in [2.05, 4.69) is 54.2 Å². The summed E-state index contributed by atoms with van der Waals surface area (Å²) in [6.07, 6.45) is 15.3. The van der Waals surface area contributed by atoms with Crippen molar-refractivity contribution in [1.82, 2.24) is 0 Å². The third-order valence-corrected chi connectivity index (χ3v) is 14.7. The van der Waals surface area contributed by atoms with E-state index in [1.165, 1.54) is 56.9 Å². The first-order valence-corrected chi connectivity index (χ1v) is 16.4. The SMILES string of the molecule is C=C(C)[C@@H]1CC[C@]2(/C=C3\CCOC3=O)CC[C@]3(C)[C@H](CC[C@@H]4[C@@]5(C)CC[C@H](OC(C)=O)C(C)(C)[C@@H]5CC[C@]43C)[C@@H]12. The van der Waals surface area contributed by atoms with E-state index in [1.54, 1.807) is 6.92 Å². The Kier molecular flexibility index (Phi) is 6.57. The molecule has 6 aliphatic rings. The van der Waals surface area contributed by atoms with Crippen molar-refractivity contribution >= 4 is 11.9 Å². The number of allylic oxidation sites excluding steroid dienone is 2. The van der Waals surface area contributed by atoms with Crippen LogP contribution in [0.1, 0.15) is 119 Å². The van der Waals surface area contributed by atoms with Crippen molar-refractivity contribution in [2.45, 2.75) is 125 Å². The maximum absolute atomic E-state index is 12.6. The first kappa shape index (κ1) is 28.5. The monoisotopic (exact) mass is 550 g/mol. The van der Waals surface area contributed by atoms with E-state index in [1.807, 2.05) is 0 Å². The summed E-state index contributed by atoms with van der Waals surface area (Å²) < 4.78 is 11.3. The van der Waals surface area contributed by atoms with E-state index >= 15 is 0 Å². The summed E-state index contributed by atoms with van der Waals surface area (Å²) in [6.45, 7) is 21.6. The number of fused-ring (bicyclic) bond motifs is 7. The van der Waals surface area contributed by atoms with E-state index in [4.69, 9.17) is 9.47 Å². The molecule has 0 amide bonds. The van der Waals surface area contributed by atoms with Crippen LogP contribution in [0, 0.1) is 56.7 Å². The molecule has 222 valence electrons. The minimum absolute atomic E-state index is 0.00194. The predicted molar refractivity (Wildman–Crippen MR) is 158 cm³/mol. The maximum atomic E-state index is 12.6. The zero-order chi connectivity index (χ0) is 28.9. The van der Waals surface area contributed by atoms with Crippen molar-refractivity contribution in [3.8, 4) is 0 Å². The quantitative estimate of drug-likeness (QED) is 0.201. The lowest BCUT2D eigenvalue weighted by molar-refractivity contribution is -0.247. The number of ether oxygens (including phenoxy) is 2.